The number of aliphatic hydroxyl groups excluding tert-OH is 1. The van der Waals surface area contributed by atoms with E-state index >= 15 is 0 Å². The molecule has 0 bridgehead atoms. The number of rotatable bonds is 6. The number of carbonyl (C=O) groups is 1. The third-order valence-corrected chi connectivity index (χ3v) is 3.46. The fourth-order valence-corrected chi connectivity index (χ4v) is 2.06. The minimum atomic E-state index is 0.0448. The number of hydrogen-bond acceptors (Lipinski definition) is 2. The van der Waals surface area contributed by atoms with Crippen LogP contribution in [0.3, 0.4) is 0 Å². The zero-order chi connectivity index (χ0) is 15.1. The van der Waals surface area contributed by atoms with Gasteiger partial charge in [-0.25, -0.2) is 0 Å². The summed E-state index contributed by atoms with van der Waals surface area (Å²) in [6.07, 6.45) is 1.26. The SMILES string of the molecule is Cc1ccc(CCC(=O)NCc2ccc(CO)cc2)cc1. The van der Waals surface area contributed by atoms with E-state index in [2.05, 4.69) is 36.5 Å². The van der Waals surface area contributed by atoms with Crippen molar-refractivity contribution in [3.8, 4) is 0 Å². The molecule has 0 unspecified atom stereocenters. The first-order valence-corrected chi connectivity index (χ1v) is 7.18. The van der Waals surface area contributed by atoms with Gasteiger partial charge in [0.15, 0.2) is 0 Å². The first kappa shape index (κ1) is 15.3. The second-order valence-corrected chi connectivity index (χ2v) is 5.24. The maximum absolute atomic E-state index is 11.8. The number of amides is 1. The smallest absolute Gasteiger partial charge is 0.220 e. The topological polar surface area (TPSA) is 49.3 Å². The third-order valence-electron chi connectivity index (χ3n) is 3.46. The second-order valence-electron chi connectivity index (χ2n) is 5.24. The minimum absolute atomic E-state index is 0.0448. The van der Waals surface area contributed by atoms with E-state index in [1.54, 1.807) is 0 Å². The van der Waals surface area contributed by atoms with Crippen LogP contribution in [-0.2, 0) is 24.4 Å². The number of aryl methyl sites for hydroxylation is 2. The second kappa shape index (κ2) is 7.60. The number of nitrogens with one attached hydrogen (secondary N) is 1. The van der Waals surface area contributed by atoms with Gasteiger partial charge in [-0.05, 0) is 30.0 Å². The molecule has 2 aromatic carbocycles. The molecule has 0 aliphatic rings. The van der Waals surface area contributed by atoms with Crippen molar-refractivity contribution in [1.29, 1.82) is 0 Å². The van der Waals surface area contributed by atoms with E-state index < -0.39 is 0 Å². The standard InChI is InChI=1S/C18H21NO2/c1-14-2-4-15(5-3-14)10-11-18(21)19-12-16-6-8-17(13-20)9-7-16/h2-9,20H,10-13H2,1H3,(H,19,21). The summed E-state index contributed by atoms with van der Waals surface area (Å²) in [6, 6.07) is 15.8. The summed E-state index contributed by atoms with van der Waals surface area (Å²) < 4.78 is 0. The Morgan fingerprint density at radius 2 is 1.52 bits per heavy atom. The Hall–Kier alpha value is -2.13. The highest BCUT2D eigenvalue weighted by Gasteiger charge is 2.02. The summed E-state index contributed by atoms with van der Waals surface area (Å²) in [7, 11) is 0. The molecule has 0 spiro atoms. The molecule has 2 N–H and O–H groups in total. The molecule has 0 aliphatic heterocycles. The molecule has 0 saturated heterocycles. The van der Waals surface area contributed by atoms with E-state index in [1.165, 1.54) is 11.1 Å². The number of aliphatic hydroxyl groups is 1. The van der Waals surface area contributed by atoms with Crippen LogP contribution in [0.25, 0.3) is 0 Å². The lowest BCUT2D eigenvalue weighted by molar-refractivity contribution is -0.121. The molecule has 0 aromatic heterocycles. The molecule has 0 atom stereocenters. The van der Waals surface area contributed by atoms with Crippen molar-refractivity contribution in [3.05, 3.63) is 70.8 Å². The Morgan fingerprint density at radius 3 is 2.14 bits per heavy atom. The zero-order valence-electron chi connectivity index (χ0n) is 12.3. The van der Waals surface area contributed by atoms with Gasteiger partial charge in [0.05, 0.1) is 6.61 Å². The fourth-order valence-electron chi connectivity index (χ4n) is 2.06. The Labute approximate surface area is 125 Å². The van der Waals surface area contributed by atoms with Crippen LogP contribution < -0.4 is 5.32 Å². The summed E-state index contributed by atoms with van der Waals surface area (Å²) in [4.78, 5) is 11.8. The van der Waals surface area contributed by atoms with Gasteiger partial charge in [-0.3, -0.25) is 4.79 Å². The molecular weight excluding hydrogens is 262 g/mol. The molecule has 0 aliphatic carbocycles. The van der Waals surface area contributed by atoms with Crippen LogP contribution in [0.1, 0.15) is 28.7 Å². The Bertz CT molecular complexity index is 573. The van der Waals surface area contributed by atoms with E-state index in [4.69, 9.17) is 5.11 Å². The maximum atomic E-state index is 11.8. The number of benzene rings is 2. The summed E-state index contributed by atoms with van der Waals surface area (Å²) in [5, 5.41) is 11.9. The highest BCUT2D eigenvalue weighted by molar-refractivity contribution is 5.76. The molecule has 3 nitrogen and oxygen atoms in total. The van der Waals surface area contributed by atoms with Crippen molar-refractivity contribution in [1.82, 2.24) is 5.32 Å². The van der Waals surface area contributed by atoms with Gasteiger partial charge >= 0.3 is 0 Å². The Morgan fingerprint density at radius 1 is 0.952 bits per heavy atom. The highest BCUT2D eigenvalue weighted by Crippen LogP contribution is 2.07. The molecule has 0 saturated carbocycles. The lowest BCUT2D eigenvalue weighted by Crippen LogP contribution is -2.22. The van der Waals surface area contributed by atoms with Gasteiger partial charge in [0.1, 0.15) is 0 Å². The van der Waals surface area contributed by atoms with Crippen LogP contribution in [0.4, 0.5) is 0 Å². The zero-order valence-corrected chi connectivity index (χ0v) is 12.3. The molecule has 110 valence electrons. The Kier molecular flexibility index (Phi) is 5.52. The van der Waals surface area contributed by atoms with Crippen molar-refractivity contribution in [2.75, 3.05) is 0 Å². The highest BCUT2D eigenvalue weighted by atomic mass is 16.3. The number of carbonyl (C=O) groups excluding carboxylic acids is 1. The van der Waals surface area contributed by atoms with Crippen LogP contribution >= 0.6 is 0 Å². The Balaban J connectivity index is 1.75. The van der Waals surface area contributed by atoms with Crippen molar-refractivity contribution in [3.63, 3.8) is 0 Å². The normalized spacial score (nSPS) is 10.4. The van der Waals surface area contributed by atoms with Crippen LogP contribution in [0.15, 0.2) is 48.5 Å². The molecule has 21 heavy (non-hydrogen) atoms. The summed E-state index contributed by atoms with van der Waals surface area (Å²) in [5.74, 6) is 0.0572. The van der Waals surface area contributed by atoms with Gasteiger partial charge in [-0.15, -0.1) is 0 Å². The third kappa shape index (κ3) is 5.04. The minimum Gasteiger partial charge on any atom is -0.392 e. The summed E-state index contributed by atoms with van der Waals surface area (Å²) in [5.41, 5.74) is 4.33. The largest absolute Gasteiger partial charge is 0.392 e. The first-order valence-electron chi connectivity index (χ1n) is 7.18. The van der Waals surface area contributed by atoms with Gasteiger partial charge in [0.2, 0.25) is 5.91 Å². The van der Waals surface area contributed by atoms with Crippen LogP contribution in [0.5, 0.6) is 0 Å². The lowest BCUT2D eigenvalue weighted by atomic mass is 10.1. The van der Waals surface area contributed by atoms with Crippen LogP contribution in [0.2, 0.25) is 0 Å². The van der Waals surface area contributed by atoms with Crippen molar-refractivity contribution >= 4 is 5.91 Å². The van der Waals surface area contributed by atoms with E-state index in [1.807, 2.05) is 24.3 Å². The molecular formula is C18H21NO2. The first-order chi connectivity index (χ1) is 10.2. The van der Waals surface area contributed by atoms with Crippen molar-refractivity contribution < 1.29 is 9.90 Å². The average molecular weight is 283 g/mol. The van der Waals surface area contributed by atoms with Gasteiger partial charge < -0.3 is 10.4 Å². The van der Waals surface area contributed by atoms with Crippen LogP contribution in [0, 0.1) is 6.92 Å². The number of hydrogen-bond donors (Lipinski definition) is 2. The lowest BCUT2D eigenvalue weighted by Gasteiger charge is -2.06. The summed E-state index contributed by atoms with van der Waals surface area (Å²) in [6.45, 7) is 2.63. The molecule has 0 heterocycles. The monoisotopic (exact) mass is 283 g/mol. The average Bonchev–Trinajstić information content (AvgIpc) is 2.53. The van der Waals surface area contributed by atoms with Gasteiger partial charge in [0, 0.05) is 13.0 Å². The van der Waals surface area contributed by atoms with E-state index in [-0.39, 0.29) is 12.5 Å². The van der Waals surface area contributed by atoms with Crippen molar-refractivity contribution in [2.45, 2.75) is 32.9 Å². The van der Waals surface area contributed by atoms with E-state index in [0.717, 1.165) is 17.5 Å². The molecule has 1 amide bonds. The van der Waals surface area contributed by atoms with Crippen molar-refractivity contribution in [2.24, 2.45) is 0 Å². The predicted octanol–water partition coefficient (Wildman–Crippen LogP) is 2.74. The van der Waals surface area contributed by atoms with Gasteiger partial charge in [-0.2, -0.15) is 0 Å². The maximum Gasteiger partial charge on any atom is 0.220 e. The fraction of sp³-hybridized carbons (Fsp3) is 0.278. The predicted molar refractivity (Wildman–Crippen MR) is 83.7 cm³/mol. The molecule has 2 rings (SSSR count). The van der Waals surface area contributed by atoms with E-state index in [0.29, 0.717) is 13.0 Å². The molecule has 2 aromatic rings. The van der Waals surface area contributed by atoms with Gasteiger partial charge in [-0.1, -0.05) is 54.1 Å². The molecule has 0 radical (unpaired) electrons. The molecule has 0 fully saturated rings. The van der Waals surface area contributed by atoms with Crippen LogP contribution in [-0.4, -0.2) is 11.0 Å². The molecule has 3 heteroatoms. The van der Waals surface area contributed by atoms with E-state index in [9.17, 15) is 4.79 Å². The summed E-state index contributed by atoms with van der Waals surface area (Å²) >= 11 is 0. The quantitative estimate of drug-likeness (QED) is 0.856. The van der Waals surface area contributed by atoms with Gasteiger partial charge in [0.25, 0.3) is 0 Å².